The highest BCUT2D eigenvalue weighted by molar-refractivity contribution is 5.79. The minimum atomic E-state index is 0.504. The zero-order chi connectivity index (χ0) is 21.2. The van der Waals surface area contributed by atoms with Crippen molar-refractivity contribution in [3.05, 3.63) is 71.4 Å². The second kappa shape index (κ2) is 11.2. The first-order valence-electron chi connectivity index (χ1n) is 10.4. The van der Waals surface area contributed by atoms with Gasteiger partial charge in [-0.05, 0) is 57.0 Å². The molecule has 0 saturated heterocycles. The maximum atomic E-state index is 5.62. The van der Waals surface area contributed by atoms with Crippen molar-refractivity contribution >= 4 is 5.96 Å². The third-order valence-corrected chi connectivity index (χ3v) is 4.56. The molecule has 0 atom stereocenters. The van der Waals surface area contributed by atoms with Gasteiger partial charge in [-0.25, -0.2) is 9.67 Å². The van der Waals surface area contributed by atoms with Gasteiger partial charge in [0.2, 0.25) is 0 Å². The number of guanidine groups is 1. The summed E-state index contributed by atoms with van der Waals surface area (Å²) in [5.74, 6) is 1.64. The molecule has 2 N–H and O–H groups in total. The van der Waals surface area contributed by atoms with E-state index in [-0.39, 0.29) is 0 Å². The number of para-hydroxylation sites is 1. The molecule has 30 heavy (non-hydrogen) atoms. The molecule has 3 rings (SSSR count). The summed E-state index contributed by atoms with van der Waals surface area (Å²) < 4.78 is 12.9. The van der Waals surface area contributed by atoms with Crippen LogP contribution in [0.4, 0.5) is 0 Å². The van der Waals surface area contributed by atoms with Crippen molar-refractivity contribution in [3.8, 4) is 5.69 Å². The van der Waals surface area contributed by atoms with Gasteiger partial charge in [0.1, 0.15) is 12.4 Å². The number of hydrogen-bond donors (Lipinski definition) is 2. The molecule has 0 bridgehead atoms. The molecule has 0 radical (unpaired) electrons. The van der Waals surface area contributed by atoms with Crippen LogP contribution in [0.5, 0.6) is 0 Å². The van der Waals surface area contributed by atoms with Gasteiger partial charge in [0.05, 0.1) is 24.2 Å². The molecule has 2 heterocycles. The Bertz CT molecular complexity index is 931. The summed E-state index contributed by atoms with van der Waals surface area (Å²) in [6.45, 7) is 9.46. The van der Waals surface area contributed by atoms with E-state index < -0.39 is 0 Å². The number of ether oxygens (including phenoxy) is 1. The van der Waals surface area contributed by atoms with Crippen molar-refractivity contribution in [1.29, 1.82) is 0 Å². The number of nitrogens with zero attached hydrogens (tertiary/aromatic N) is 3. The number of aryl methyl sites for hydroxylation is 2. The Morgan fingerprint density at radius 2 is 2.03 bits per heavy atom. The smallest absolute Gasteiger partial charge is 0.191 e. The number of furan rings is 1. The second-order valence-corrected chi connectivity index (χ2v) is 7.08. The first-order valence-corrected chi connectivity index (χ1v) is 10.4. The van der Waals surface area contributed by atoms with Gasteiger partial charge in [0.25, 0.3) is 0 Å². The van der Waals surface area contributed by atoms with Gasteiger partial charge in [-0.1, -0.05) is 18.2 Å². The van der Waals surface area contributed by atoms with E-state index in [0.29, 0.717) is 19.8 Å². The Kier molecular flexibility index (Phi) is 8.09. The van der Waals surface area contributed by atoms with Crippen LogP contribution < -0.4 is 10.6 Å². The summed E-state index contributed by atoms with van der Waals surface area (Å²) in [4.78, 5) is 4.76. The van der Waals surface area contributed by atoms with E-state index in [1.54, 1.807) is 6.26 Å². The summed E-state index contributed by atoms with van der Waals surface area (Å²) in [6, 6.07) is 14.1. The summed E-state index contributed by atoms with van der Waals surface area (Å²) >= 11 is 0. The van der Waals surface area contributed by atoms with E-state index in [2.05, 4.69) is 47.8 Å². The van der Waals surface area contributed by atoms with E-state index in [4.69, 9.17) is 14.1 Å². The lowest BCUT2D eigenvalue weighted by atomic mass is 10.2. The molecule has 1 aromatic carbocycles. The van der Waals surface area contributed by atoms with Crippen LogP contribution in [0.1, 0.15) is 36.1 Å². The van der Waals surface area contributed by atoms with Crippen LogP contribution in [0.15, 0.2) is 58.1 Å². The molecule has 0 amide bonds. The Hall–Kier alpha value is -3.06. The lowest BCUT2D eigenvalue weighted by molar-refractivity contribution is 0.105. The highest BCUT2D eigenvalue weighted by Crippen LogP contribution is 2.17. The highest BCUT2D eigenvalue weighted by atomic mass is 16.5. The molecule has 2 aromatic heterocycles. The molecule has 3 aromatic rings. The number of hydrogen-bond acceptors (Lipinski definition) is 4. The molecule has 0 aliphatic carbocycles. The first-order chi connectivity index (χ1) is 14.7. The SMILES string of the molecule is CCNC(=NCc1ccccc1-n1nc(C)cc1C)NCCCOCc1ccco1. The van der Waals surface area contributed by atoms with Crippen molar-refractivity contribution in [1.82, 2.24) is 20.4 Å². The average molecular weight is 410 g/mol. The quantitative estimate of drug-likeness (QED) is 0.303. The topological polar surface area (TPSA) is 76.6 Å². The van der Waals surface area contributed by atoms with Crippen molar-refractivity contribution in [2.75, 3.05) is 19.7 Å². The predicted octanol–water partition coefficient (Wildman–Crippen LogP) is 3.74. The number of nitrogens with one attached hydrogen (secondary N) is 2. The molecule has 0 saturated carbocycles. The van der Waals surface area contributed by atoms with Crippen LogP contribution >= 0.6 is 0 Å². The largest absolute Gasteiger partial charge is 0.467 e. The molecule has 0 spiro atoms. The fourth-order valence-electron chi connectivity index (χ4n) is 3.18. The van der Waals surface area contributed by atoms with E-state index in [1.165, 1.54) is 0 Å². The van der Waals surface area contributed by atoms with Crippen LogP contribution in [0.3, 0.4) is 0 Å². The molecule has 0 unspecified atom stereocenters. The summed E-state index contributed by atoms with van der Waals surface area (Å²) in [5, 5.41) is 11.3. The third kappa shape index (κ3) is 6.22. The zero-order valence-electron chi connectivity index (χ0n) is 18.0. The third-order valence-electron chi connectivity index (χ3n) is 4.56. The Morgan fingerprint density at radius 1 is 1.17 bits per heavy atom. The molecule has 7 nitrogen and oxygen atoms in total. The minimum absolute atomic E-state index is 0.504. The maximum absolute atomic E-state index is 5.62. The molecule has 0 fully saturated rings. The lowest BCUT2D eigenvalue weighted by Gasteiger charge is -2.13. The average Bonchev–Trinajstić information content (AvgIpc) is 3.38. The normalized spacial score (nSPS) is 11.6. The molecule has 7 heteroatoms. The molecular formula is C23H31N5O2. The Balaban J connectivity index is 1.54. The number of aliphatic imine (C=N–C) groups is 1. The Labute approximate surface area is 178 Å². The van der Waals surface area contributed by atoms with Gasteiger partial charge >= 0.3 is 0 Å². The van der Waals surface area contributed by atoms with Crippen LogP contribution in [0.25, 0.3) is 5.69 Å². The fourth-order valence-corrected chi connectivity index (χ4v) is 3.18. The summed E-state index contributed by atoms with van der Waals surface area (Å²) in [7, 11) is 0. The summed E-state index contributed by atoms with van der Waals surface area (Å²) in [5.41, 5.74) is 4.32. The molecular weight excluding hydrogens is 378 g/mol. The molecule has 160 valence electrons. The van der Waals surface area contributed by atoms with Crippen molar-refractivity contribution in [2.24, 2.45) is 4.99 Å². The maximum Gasteiger partial charge on any atom is 0.191 e. The van der Waals surface area contributed by atoms with Crippen LogP contribution in [0.2, 0.25) is 0 Å². The number of aromatic nitrogens is 2. The second-order valence-electron chi connectivity index (χ2n) is 7.08. The van der Waals surface area contributed by atoms with E-state index >= 15 is 0 Å². The predicted molar refractivity (Wildman–Crippen MR) is 119 cm³/mol. The van der Waals surface area contributed by atoms with Gasteiger partial charge < -0.3 is 19.8 Å². The van der Waals surface area contributed by atoms with E-state index in [0.717, 1.165) is 53.9 Å². The van der Waals surface area contributed by atoms with Crippen LogP contribution in [-0.4, -0.2) is 35.4 Å². The molecule has 0 aliphatic rings. The van der Waals surface area contributed by atoms with Gasteiger partial charge in [0.15, 0.2) is 5.96 Å². The number of rotatable bonds is 10. The van der Waals surface area contributed by atoms with Crippen LogP contribution in [0, 0.1) is 13.8 Å². The first kappa shape index (κ1) is 21.6. The van der Waals surface area contributed by atoms with Gasteiger partial charge in [-0.3, -0.25) is 0 Å². The van der Waals surface area contributed by atoms with Gasteiger partial charge in [-0.15, -0.1) is 0 Å². The lowest BCUT2D eigenvalue weighted by Crippen LogP contribution is -2.38. The monoisotopic (exact) mass is 409 g/mol. The summed E-state index contributed by atoms with van der Waals surface area (Å²) in [6.07, 6.45) is 2.54. The fraction of sp³-hybridized carbons (Fsp3) is 0.391. The number of benzene rings is 1. The zero-order valence-corrected chi connectivity index (χ0v) is 18.0. The van der Waals surface area contributed by atoms with Gasteiger partial charge in [-0.2, -0.15) is 5.10 Å². The van der Waals surface area contributed by atoms with Gasteiger partial charge in [0, 0.05) is 25.4 Å². The van der Waals surface area contributed by atoms with Crippen molar-refractivity contribution < 1.29 is 9.15 Å². The van der Waals surface area contributed by atoms with Crippen molar-refractivity contribution in [3.63, 3.8) is 0 Å². The minimum Gasteiger partial charge on any atom is -0.467 e. The Morgan fingerprint density at radius 3 is 2.77 bits per heavy atom. The van der Waals surface area contributed by atoms with E-state index in [9.17, 15) is 0 Å². The van der Waals surface area contributed by atoms with Crippen molar-refractivity contribution in [2.45, 2.75) is 40.3 Å². The molecule has 0 aliphatic heterocycles. The van der Waals surface area contributed by atoms with E-state index in [1.807, 2.05) is 35.9 Å². The standard InChI is InChI=1S/C23H31N5O2/c1-4-24-23(25-12-8-13-29-17-21-10-7-14-30-21)26-16-20-9-5-6-11-22(20)28-19(3)15-18(2)27-28/h5-7,9-11,14-15H,4,8,12-13,16-17H2,1-3H3,(H2,24,25,26). The highest BCUT2D eigenvalue weighted by Gasteiger charge is 2.08. The van der Waals surface area contributed by atoms with Crippen LogP contribution in [-0.2, 0) is 17.9 Å².